The molecule has 3 N–H and O–H groups in total. The van der Waals surface area contributed by atoms with Gasteiger partial charge in [0, 0.05) is 0 Å². The Morgan fingerprint density at radius 1 is 1.50 bits per heavy atom. The van der Waals surface area contributed by atoms with Crippen LogP contribution in [0.15, 0.2) is 15.3 Å². The van der Waals surface area contributed by atoms with Crippen molar-refractivity contribution in [1.82, 2.24) is 15.0 Å². The number of H-pyrrole nitrogens is 2. The number of halogens is 1. The van der Waals surface area contributed by atoms with Gasteiger partial charge in [-0.15, -0.1) is 0 Å². The van der Waals surface area contributed by atoms with Gasteiger partial charge in [0.05, 0.1) is 9.99 Å². The number of nitrogens with zero attached hydrogens (tertiary/aromatic N) is 1. The van der Waals surface area contributed by atoms with Gasteiger partial charge < -0.3 is 10.1 Å². The first-order valence-electron chi connectivity index (χ1n) is 3.60. The summed E-state index contributed by atoms with van der Waals surface area (Å²) in [7, 11) is 0. The van der Waals surface area contributed by atoms with Crippen molar-refractivity contribution in [2.45, 2.75) is 0 Å². The second-order valence-electron chi connectivity index (χ2n) is 2.60. The van der Waals surface area contributed by atoms with Crippen LogP contribution in [0, 0.1) is 0 Å². The molecule has 0 aliphatic heterocycles. The minimum atomic E-state index is -1.15. The third kappa shape index (κ3) is 1.31. The van der Waals surface area contributed by atoms with E-state index in [1.807, 2.05) is 0 Å². The maximum atomic E-state index is 10.9. The first kappa shape index (κ1) is 8.95. The molecular weight excluding hydrogens is 254 g/mol. The van der Waals surface area contributed by atoms with Crippen molar-refractivity contribution in [2.75, 3.05) is 0 Å². The van der Waals surface area contributed by atoms with Gasteiger partial charge in [-0.3, -0.25) is 4.98 Å². The van der Waals surface area contributed by atoms with Gasteiger partial charge in [0.25, 0.3) is 0 Å². The largest absolute Gasteiger partial charge is 0.476 e. The first-order chi connectivity index (χ1) is 6.58. The van der Waals surface area contributed by atoms with Crippen molar-refractivity contribution in [2.24, 2.45) is 0 Å². The van der Waals surface area contributed by atoms with Crippen LogP contribution in [-0.4, -0.2) is 26.0 Å². The van der Waals surface area contributed by atoms with Crippen LogP contribution in [0.2, 0.25) is 0 Å². The summed E-state index contributed by atoms with van der Waals surface area (Å²) >= 11 is 3.05. The van der Waals surface area contributed by atoms with Crippen LogP contribution in [0.4, 0.5) is 0 Å². The van der Waals surface area contributed by atoms with E-state index < -0.39 is 11.7 Å². The molecule has 0 saturated carbocycles. The van der Waals surface area contributed by atoms with Gasteiger partial charge in [-0.05, 0) is 22.0 Å². The van der Waals surface area contributed by atoms with Crippen molar-refractivity contribution in [1.29, 1.82) is 0 Å². The fourth-order valence-corrected chi connectivity index (χ4v) is 1.58. The number of carboxylic acid groups (broad SMARTS) is 1. The lowest BCUT2D eigenvalue weighted by molar-refractivity contribution is 0.0690. The Bertz CT molecular complexity index is 571. The molecule has 0 saturated heterocycles. The summed E-state index contributed by atoms with van der Waals surface area (Å²) in [5, 5.41) is 8.74. The summed E-state index contributed by atoms with van der Waals surface area (Å²) in [5.74, 6) is -1.15. The standard InChI is InChI=1S/C7H4BrN3O3/c8-2-1-3-5(11-7(14)9-3)10-4(2)6(12)13/h1H,(H,12,13)(H2,9,10,11,14). The van der Waals surface area contributed by atoms with Crippen LogP contribution in [0.5, 0.6) is 0 Å². The molecular formula is C7H4BrN3O3. The predicted octanol–water partition coefficient (Wildman–Crippen LogP) is 0.712. The van der Waals surface area contributed by atoms with Crippen molar-refractivity contribution >= 4 is 33.1 Å². The van der Waals surface area contributed by atoms with Gasteiger partial charge >= 0.3 is 11.7 Å². The number of nitrogens with one attached hydrogen (secondary N) is 2. The molecule has 0 bridgehead atoms. The van der Waals surface area contributed by atoms with Gasteiger partial charge in [-0.1, -0.05) is 0 Å². The predicted molar refractivity (Wildman–Crippen MR) is 51.4 cm³/mol. The molecule has 14 heavy (non-hydrogen) atoms. The lowest BCUT2D eigenvalue weighted by atomic mass is 10.3. The lowest BCUT2D eigenvalue weighted by Crippen LogP contribution is -2.02. The number of aromatic nitrogens is 3. The number of hydrogen-bond donors (Lipinski definition) is 3. The maximum absolute atomic E-state index is 10.9. The van der Waals surface area contributed by atoms with Crippen LogP contribution >= 0.6 is 15.9 Å². The summed E-state index contributed by atoms with van der Waals surface area (Å²) in [5.41, 5.74) is 0.150. The van der Waals surface area contributed by atoms with Crippen molar-refractivity contribution in [3.63, 3.8) is 0 Å². The van der Waals surface area contributed by atoms with Crippen LogP contribution in [0.1, 0.15) is 10.5 Å². The van der Waals surface area contributed by atoms with Crippen molar-refractivity contribution < 1.29 is 9.90 Å². The molecule has 6 nitrogen and oxygen atoms in total. The molecule has 0 spiro atoms. The van der Waals surface area contributed by atoms with E-state index in [0.717, 1.165) is 0 Å². The SMILES string of the molecule is O=C(O)c1nc2[nH]c(=O)[nH]c2cc1Br. The number of imidazole rings is 1. The van der Waals surface area contributed by atoms with Crippen molar-refractivity contribution in [3.05, 3.63) is 26.7 Å². The highest BCUT2D eigenvalue weighted by atomic mass is 79.9. The van der Waals surface area contributed by atoms with Gasteiger partial charge in [0.2, 0.25) is 0 Å². The van der Waals surface area contributed by atoms with Gasteiger partial charge in [-0.2, -0.15) is 0 Å². The molecule has 0 amide bonds. The average molecular weight is 258 g/mol. The van der Waals surface area contributed by atoms with Crippen molar-refractivity contribution in [3.8, 4) is 0 Å². The average Bonchev–Trinajstić information content (AvgIpc) is 2.42. The Morgan fingerprint density at radius 2 is 2.21 bits per heavy atom. The minimum absolute atomic E-state index is 0.132. The third-order valence-corrected chi connectivity index (χ3v) is 2.26. The zero-order valence-corrected chi connectivity index (χ0v) is 8.25. The molecule has 2 heterocycles. The van der Waals surface area contributed by atoms with E-state index in [0.29, 0.717) is 9.99 Å². The fourth-order valence-electron chi connectivity index (χ4n) is 1.09. The molecule has 2 aromatic rings. The summed E-state index contributed by atoms with van der Waals surface area (Å²) in [6.45, 7) is 0. The Balaban J connectivity index is 2.82. The van der Waals surface area contributed by atoms with Gasteiger partial charge in [-0.25, -0.2) is 14.6 Å². The highest BCUT2D eigenvalue weighted by molar-refractivity contribution is 9.10. The molecule has 0 fully saturated rings. The molecule has 0 atom stereocenters. The molecule has 2 rings (SSSR count). The lowest BCUT2D eigenvalue weighted by Gasteiger charge is -1.96. The van der Waals surface area contributed by atoms with E-state index in [-0.39, 0.29) is 11.3 Å². The Kier molecular flexibility index (Phi) is 1.88. The van der Waals surface area contributed by atoms with Crippen LogP contribution in [0.3, 0.4) is 0 Å². The third-order valence-electron chi connectivity index (χ3n) is 1.66. The number of carbonyl (C=O) groups is 1. The fraction of sp³-hybridized carbons (Fsp3) is 0. The normalized spacial score (nSPS) is 10.6. The number of aromatic amines is 2. The topological polar surface area (TPSA) is 98.8 Å². The number of fused-ring (bicyclic) bond motifs is 1. The minimum Gasteiger partial charge on any atom is -0.476 e. The quantitative estimate of drug-likeness (QED) is 0.701. The van der Waals surface area contributed by atoms with Gasteiger partial charge in [0.15, 0.2) is 11.3 Å². The zero-order valence-electron chi connectivity index (χ0n) is 6.67. The summed E-state index contributed by atoms with van der Waals surface area (Å²) in [6.07, 6.45) is 0. The first-order valence-corrected chi connectivity index (χ1v) is 4.39. The number of aromatic carboxylic acids is 1. The number of pyridine rings is 1. The summed E-state index contributed by atoms with van der Waals surface area (Å²) in [6, 6.07) is 1.49. The van der Waals surface area contributed by atoms with E-state index in [4.69, 9.17) is 5.11 Å². The van der Waals surface area contributed by atoms with E-state index in [2.05, 4.69) is 30.9 Å². The highest BCUT2D eigenvalue weighted by Crippen LogP contribution is 2.18. The molecule has 2 aromatic heterocycles. The number of carboxylic acids is 1. The van der Waals surface area contributed by atoms with E-state index >= 15 is 0 Å². The molecule has 0 unspecified atom stereocenters. The smallest absolute Gasteiger partial charge is 0.355 e. The molecule has 72 valence electrons. The molecule has 0 radical (unpaired) electrons. The van der Waals surface area contributed by atoms with Crippen LogP contribution in [-0.2, 0) is 0 Å². The Morgan fingerprint density at radius 3 is 2.86 bits per heavy atom. The Hall–Kier alpha value is -1.63. The van der Waals surface area contributed by atoms with E-state index in [9.17, 15) is 9.59 Å². The highest BCUT2D eigenvalue weighted by Gasteiger charge is 2.12. The second kappa shape index (κ2) is 2.95. The molecule has 7 heteroatoms. The second-order valence-corrected chi connectivity index (χ2v) is 3.45. The summed E-state index contributed by atoms with van der Waals surface area (Å²) in [4.78, 5) is 30.2. The maximum Gasteiger partial charge on any atom is 0.355 e. The van der Waals surface area contributed by atoms with E-state index in [1.165, 1.54) is 6.07 Å². The summed E-state index contributed by atoms with van der Waals surface area (Å²) < 4.78 is 0.327. The molecule has 0 aliphatic rings. The van der Waals surface area contributed by atoms with Gasteiger partial charge in [0.1, 0.15) is 0 Å². The molecule has 0 aliphatic carbocycles. The Labute approximate surface area is 85.1 Å². The number of hydrogen-bond acceptors (Lipinski definition) is 3. The van der Waals surface area contributed by atoms with Crippen LogP contribution < -0.4 is 5.69 Å². The van der Waals surface area contributed by atoms with E-state index in [1.54, 1.807) is 0 Å². The zero-order chi connectivity index (χ0) is 10.3. The monoisotopic (exact) mass is 257 g/mol. The van der Waals surface area contributed by atoms with Crippen LogP contribution in [0.25, 0.3) is 11.2 Å². The molecule has 0 aromatic carbocycles. The number of rotatable bonds is 1.